The lowest BCUT2D eigenvalue weighted by atomic mass is 10.0. The summed E-state index contributed by atoms with van der Waals surface area (Å²) in [6.45, 7) is 0. The molecule has 164 valence electrons. The number of anilines is 1. The van der Waals surface area contributed by atoms with Crippen molar-refractivity contribution < 1.29 is 29.1 Å². The number of carboxylic acids is 2. The average molecular weight is 441 g/mol. The molecule has 11 heteroatoms. The third-order valence-corrected chi connectivity index (χ3v) is 5.26. The molecule has 3 aromatic rings. The lowest BCUT2D eigenvalue weighted by Crippen LogP contribution is -2.23. The second-order valence-corrected chi connectivity index (χ2v) is 7.38. The summed E-state index contributed by atoms with van der Waals surface area (Å²) in [4.78, 5) is 47.1. The molecule has 4 rings (SSSR count). The Kier molecular flexibility index (Phi) is 5.09. The van der Waals surface area contributed by atoms with E-state index < -0.39 is 56.5 Å². The lowest BCUT2D eigenvalue weighted by molar-refractivity contribution is -0.382. The van der Waals surface area contributed by atoms with Crippen LogP contribution < -0.4 is 10.7 Å². The first-order chi connectivity index (χ1) is 15.2. The van der Waals surface area contributed by atoms with Gasteiger partial charge in [-0.2, -0.15) is 0 Å². The highest BCUT2D eigenvalue weighted by atomic mass is 19.1. The minimum atomic E-state index is -1.54. The van der Waals surface area contributed by atoms with Crippen molar-refractivity contribution in [1.29, 1.82) is 0 Å². The van der Waals surface area contributed by atoms with Crippen LogP contribution in [0.2, 0.25) is 0 Å². The molecule has 1 fully saturated rings. The third kappa shape index (κ3) is 3.53. The molecule has 2 aromatic carbocycles. The van der Waals surface area contributed by atoms with Crippen LogP contribution in [0.3, 0.4) is 0 Å². The number of nitrogens with one attached hydrogen (secondary N) is 1. The first kappa shape index (κ1) is 21.0. The van der Waals surface area contributed by atoms with E-state index in [4.69, 9.17) is 0 Å². The van der Waals surface area contributed by atoms with Gasteiger partial charge in [-0.25, -0.2) is 14.0 Å². The first-order valence-corrected chi connectivity index (χ1v) is 9.54. The van der Waals surface area contributed by atoms with Gasteiger partial charge >= 0.3 is 17.6 Å². The number of halogens is 1. The van der Waals surface area contributed by atoms with Gasteiger partial charge in [0.05, 0.1) is 10.3 Å². The van der Waals surface area contributed by atoms with Gasteiger partial charge in [0.25, 0.3) is 0 Å². The minimum absolute atomic E-state index is 0.231. The van der Waals surface area contributed by atoms with Crippen LogP contribution in [0.1, 0.15) is 40.8 Å². The number of pyridine rings is 1. The Hall–Kier alpha value is -4.28. The van der Waals surface area contributed by atoms with E-state index in [1.54, 1.807) is 18.2 Å². The number of aromatic nitrogens is 1. The van der Waals surface area contributed by atoms with E-state index in [1.165, 1.54) is 16.7 Å². The molecule has 1 atom stereocenters. The molecule has 1 aliphatic rings. The predicted octanol–water partition coefficient (Wildman–Crippen LogP) is 3.32. The Morgan fingerprint density at radius 3 is 2.41 bits per heavy atom. The Bertz CT molecular complexity index is 1330. The Labute approximate surface area is 178 Å². The van der Waals surface area contributed by atoms with Crippen LogP contribution in [0, 0.1) is 15.9 Å². The Balaban J connectivity index is 2.02. The number of nitrogens with zero attached hydrogens (tertiary/aromatic N) is 2. The van der Waals surface area contributed by atoms with E-state index in [-0.39, 0.29) is 17.1 Å². The molecule has 0 bridgehead atoms. The molecule has 0 unspecified atom stereocenters. The van der Waals surface area contributed by atoms with Gasteiger partial charge in [-0.1, -0.05) is 30.3 Å². The fourth-order valence-electron chi connectivity index (χ4n) is 3.65. The number of carbonyl (C=O) groups is 2. The van der Waals surface area contributed by atoms with Gasteiger partial charge in [-0.15, -0.1) is 0 Å². The van der Waals surface area contributed by atoms with E-state index in [0.717, 1.165) is 6.20 Å². The number of rotatable bonds is 7. The van der Waals surface area contributed by atoms with Gasteiger partial charge < -0.3 is 20.1 Å². The first-order valence-electron chi connectivity index (χ1n) is 9.54. The molecule has 0 radical (unpaired) electrons. The molecule has 1 saturated carbocycles. The van der Waals surface area contributed by atoms with Gasteiger partial charge in [0.2, 0.25) is 5.43 Å². The zero-order valence-corrected chi connectivity index (χ0v) is 16.3. The number of hydrogen-bond acceptors (Lipinski definition) is 6. The summed E-state index contributed by atoms with van der Waals surface area (Å²) in [5.41, 5.74) is -3.25. The molecule has 0 amide bonds. The minimum Gasteiger partial charge on any atom is -0.479 e. The maximum absolute atomic E-state index is 15.1. The Morgan fingerprint density at radius 2 is 1.88 bits per heavy atom. The summed E-state index contributed by atoms with van der Waals surface area (Å²) in [6, 6.07) is 6.62. The molecule has 0 aliphatic heterocycles. The van der Waals surface area contributed by atoms with Crippen LogP contribution in [-0.4, -0.2) is 31.6 Å². The highest BCUT2D eigenvalue weighted by Crippen LogP contribution is 2.43. The van der Waals surface area contributed by atoms with Crippen molar-refractivity contribution in [3.8, 4) is 0 Å². The number of hydrogen-bond donors (Lipinski definition) is 3. The van der Waals surface area contributed by atoms with Crippen molar-refractivity contribution in [2.45, 2.75) is 24.9 Å². The number of carboxylic acid groups (broad SMARTS) is 2. The van der Waals surface area contributed by atoms with Crippen LogP contribution in [0.25, 0.3) is 10.9 Å². The summed E-state index contributed by atoms with van der Waals surface area (Å²) in [6.07, 6.45) is 2.21. The van der Waals surface area contributed by atoms with Crippen molar-refractivity contribution in [3.05, 3.63) is 79.9 Å². The monoisotopic (exact) mass is 441 g/mol. The quantitative estimate of drug-likeness (QED) is 0.373. The van der Waals surface area contributed by atoms with Crippen LogP contribution in [0.4, 0.5) is 15.8 Å². The summed E-state index contributed by atoms with van der Waals surface area (Å²) in [7, 11) is 0. The van der Waals surface area contributed by atoms with Crippen LogP contribution in [0.5, 0.6) is 0 Å². The molecule has 10 nitrogen and oxygen atoms in total. The van der Waals surface area contributed by atoms with Crippen molar-refractivity contribution in [2.75, 3.05) is 5.32 Å². The summed E-state index contributed by atoms with van der Waals surface area (Å²) in [5, 5.41) is 32.9. The lowest BCUT2D eigenvalue weighted by Gasteiger charge is -2.19. The van der Waals surface area contributed by atoms with E-state index >= 15 is 4.39 Å². The number of benzene rings is 2. The van der Waals surface area contributed by atoms with Crippen LogP contribution in [0.15, 0.2) is 47.4 Å². The number of fused-ring (bicyclic) bond motifs is 1. The zero-order valence-electron chi connectivity index (χ0n) is 16.3. The van der Waals surface area contributed by atoms with Gasteiger partial charge in [0.15, 0.2) is 17.5 Å². The fraction of sp³-hybridized carbons (Fsp3) is 0.190. The smallest absolute Gasteiger partial charge is 0.341 e. The molecule has 3 N–H and O–H groups in total. The topological polar surface area (TPSA) is 152 Å². The highest BCUT2D eigenvalue weighted by Gasteiger charge is 2.35. The molecular formula is C21H16FN3O7. The molecule has 32 heavy (non-hydrogen) atoms. The van der Waals surface area contributed by atoms with Crippen LogP contribution >= 0.6 is 0 Å². The maximum Gasteiger partial charge on any atom is 0.341 e. The number of nitro groups is 1. The van der Waals surface area contributed by atoms with Gasteiger partial charge in [-0.05, 0) is 24.5 Å². The van der Waals surface area contributed by atoms with Gasteiger partial charge in [0.1, 0.15) is 11.1 Å². The number of aliphatic carboxylic acids is 1. The summed E-state index contributed by atoms with van der Waals surface area (Å²) in [5.74, 6) is -4.18. The van der Waals surface area contributed by atoms with E-state index in [2.05, 4.69) is 5.32 Å². The molecule has 1 aliphatic carbocycles. The van der Waals surface area contributed by atoms with Crippen molar-refractivity contribution in [3.63, 3.8) is 0 Å². The number of nitro benzene ring substituents is 1. The normalized spacial score (nSPS) is 14.2. The number of aromatic carboxylic acids is 1. The SMILES string of the molecule is O=C(O)c1cn(C2CC2)c2c([N+](=O)[O-])c(N[C@H](C(=O)O)c3ccccc3)c(F)cc2c1=O. The molecule has 0 saturated heterocycles. The predicted molar refractivity (Wildman–Crippen MR) is 110 cm³/mol. The van der Waals surface area contributed by atoms with Gasteiger partial charge in [-0.3, -0.25) is 14.9 Å². The standard InChI is InChI=1S/C21H16FN3O7/c22-14-8-12-17(24(11-6-7-11)9-13(19(12)26)20(27)28)18(25(31)32)16(14)23-15(21(29)30)10-4-2-1-3-5-10/h1-5,8-9,11,15,23H,6-7H2,(H,27,28)(H,29,30)/t15-/m0/s1. The molecule has 1 heterocycles. The molecule has 0 spiro atoms. The summed E-state index contributed by atoms with van der Waals surface area (Å²) >= 11 is 0. The second kappa shape index (κ2) is 7.76. The van der Waals surface area contributed by atoms with Crippen molar-refractivity contribution >= 4 is 34.2 Å². The summed E-state index contributed by atoms with van der Waals surface area (Å²) < 4.78 is 16.4. The largest absolute Gasteiger partial charge is 0.479 e. The third-order valence-electron chi connectivity index (χ3n) is 5.26. The zero-order chi connectivity index (χ0) is 23.2. The Morgan fingerprint density at radius 1 is 1.22 bits per heavy atom. The highest BCUT2D eigenvalue weighted by molar-refractivity contribution is 5.99. The van der Waals surface area contributed by atoms with E-state index in [9.17, 15) is 34.7 Å². The molecule has 1 aromatic heterocycles. The average Bonchev–Trinajstić information content (AvgIpc) is 3.57. The molecular weight excluding hydrogens is 425 g/mol. The van der Waals surface area contributed by atoms with E-state index in [1.807, 2.05) is 0 Å². The van der Waals surface area contributed by atoms with E-state index in [0.29, 0.717) is 18.9 Å². The second-order valence-electron chi connectivity index (χ2n) is 7.38. The van der Waals surface area contributed by atoms with Crippen molar-refractivity contribution in [1.82, 2.24) is 4.57 Å². The van der Waals surface area contributed by atoms with Crippen LogP contribution in [-0.2, 0) is 4.79 Å². The fourth-order valence-corrected chi connectivity index (χ4v) is 3.65. The van der Waals surface area contributed by atoms with Gasteiger partial charge in [0, 0.05) is 12.2 Å². The maximum atomic E-state index is 15.1. The van der Waals surface area contributed by atoms with Crippen molar-refractivity contribution in [2.24, 2.45) is 0 Å².